The van der Waals surface area contributed by atoms with Crippen LogP contribution < -0.4 is 5.73 Å². The predicted octanol–water partition coefficient (Wildman–Crippen LogP) is 3.17. The zero-order valence-corrected chi connectivity index (χ0v) is 11.7. The van der Waals surface area contributed by atoms with Gasteiger partial charge in [0.2, 0.25) is 0 Å². The maximum atomic E-state index is 13.5. The van der Waals surface area contributed by atoms with Crippen LogP contribution in [-0.4, -0.2) is 8.42 Å². The van der Waals surface area contributed by atoms with Crippen LogP contribution in [0, 0.1) is 11.6 Å². The predicted molar refractivity (Wildman–Crippen MR) is 73.1 cm³/mol. The van der Waals surface area contributed by atoms with Gasteiger partial charge in [0.1, 0.15) is 0 Å². The Labute approximate surface area is 119 Å². The van der Waals surface area contributed by atoms with Gasteiger partial charge in [-0.1, -0.05) is 23.7 Å². The standard InChI is InChI=1S/C13H10ClF2NO2S/c14-10-5-4-9(17)6-12(10)20(18,19)7-8-2-1-3-11(15)13(8)16/h1-6H,7,17H2. The Morgan fingerprint density at radius 3 is 2.55 bits per heavy atom. The van der Waals surface area contributed by atoms with E-state index in [0.717, 1.165) is 6.07 Å². The molecule has 0 aliphatic carbocycles. The van der Waals surface area contributed by atoms with E-state index in [4.69, 9.17) is 17.3 Å². The van der Waals surface area contributed by atoms with Gasteiger partial charge in [-0.3, -0.25) is 0 Å². The summed E-state index contributed by atoms with van der Waals surface area (Å²) in [5.41, 5.74) is 5.47. The van der Waals surface area contributed by atoms with E-state index in [0.29, 0.717) is 0 Å². The van der Waals surface area contributed by atoms with Crippen LogP contribution in [0.1, 0.15) is 5.56 Å². The maximum Gasteiger partial charge on any atom is 0.184 e. The highest BCUT2D eigenvalue weighted by Gasteiger charge is 2.22. The molecule has 7 heteroatoms. The molecule has 0 saturated carbocycles. The van der Waals surface area contributed by atoms with Crippen LogP contribution in [0.25, 0.3) is 0 Å². The molecule has 2 N–H and O–H groups in total. The molecule has 2 aromatic carbocycles. The molecule has 0 aromatic heterocycles. The van der Waals surface area contributed by atoms with E-state index in [1.807, 2.05) is 0 Å². The Bertz CT molecular complexity index is 763. The third kappa shape index (κ3) is 2.91. The molecule has 0 fully saturated rings. The van der Waals surface area contributed by atoms with Gasteiger partial charge in [-0.15, -0.1) is 0 Å². The topological polar surface area (TPSA) is 60.2 Å². The van der Waals surface area contributed by atoms with Crippen LogP contribution >= 0.6 is 11.6 Å². The molecular weight excluding hydrogens is 308 g/mol. The molecule has 0 saturated heterocycles. The van der Waals surface area contributed by atoms with Crippen molar-refractivity contribution in [2.45, 2.75) is 10.6 Å². The van der Waals surface area contributed by atoms with Crippen molar-refractivity contribution < 1.29 is 17.2 Å². The first kappa shape index (κ1) is 14.7. The van der Waals surface area contributed by atoms with Crippen molar-refractivity contribution in [2.24, 2.45) is 0 Å². The van der Waals surface area contributed by atoms with Gasteiger partial charge in [-0.2, -0.15) is 0 Å². The fourth-order valence-corrected chi connectivity index (χ4v) is 3.64. The monoisotopic (exact) mass is 317 g/mol. The van der Waals surface area contributed by atoms with E-state index in [2.05, 4.69) is 0 Å². The summed E-state index contributed by atoms with van der Waals surface area (Å²) in [6.45, 7) is 0. The van der Waals surface area contributed by atoms with Crippen LogP contribution in [0.3, 0.4) is 0 Å². The molecule has 0 amide bonds. The quantitative estimate of drug-likeness (QED) is 0.884. The first-order chi connectivity index (χ1) is 9.31. The average Bonchev–Trinajstić information content (AvgIpc) is 2.37. The van der Waals surface area contributed by atoms with E-state index in [1.165, 1.54) is 30.3 Å². The average molecular weight is 318 g/mol. The Hall–Kier alpha value is -1.66. The van der Waals surface area contributed by atoms with Crippen LogP contribution in [0.5, 0.6) is 0 Å². The lowest BCUT2D eigenvalue weighted by Crippen LogP contribution is -2.08. The number of nitrogens with two attached hydrogens (primary N) is 1. The van der Waals surface area contributed by atoms with Crippen LogP contribution in [0.4, 0.5) is 14.5 Å². The Balaban J connectivity index is 2.46. The molecule has 2 aromatic rings. The molecule has 0 aliphatic heterocycles. The first-order valence-electron chi connectivity index (χ1n) is 5.52. The largest absolute Gasteiger partial charge is 0.399 e. The van der Waals surface area contributed by atoms with E-state index in [1.54, 1.807) is 0 Å². The van der Waals surface area contributed by atoms with Gasteiger partial charge in [0.05, 0.1) is 15.7 Å². The molecule has 0 atom stereocenters. The van der Waals surface area contributed by atoms with Gasteiger partial charge < -0.3 is 5.73 Å². The summed E-state index contributed by atoms with van der Waals surface area (Å²) >= 11 is 5.82. The van der Waals surface area contributed by atoms with Crippen molar-refractivity contribution in [3.63, 3.8) is 0 Å². The van der Waals surface area contributed by atoms with Gasteiger partial charge >= 0.3 is 0 Å². The molecule has 0 aliphatic rings. The number of nitrogen functional groups attached to an aromatic ring is 1. The molecule has 0 heterocycles. The lowest BCUT2D eigenvalue weighted by atomic mass is 10.2. The summed E-state index contributed by atoms with van der Waals surface area (Å²) in [5.74, 6) is -2.98. The zero-order chi connectivity index (χ0) is 14.9. The summed E-state index contributed by atoms with van der Waals surface area (Å²) < 4.78 is 51.0. The SMILES string of the molecule is Nc1ccc(Cl)c(S(=O)(=O)Cc2cccc(F)c2F)c1. The van der Waals surface area contributed by atoms with Gasteiger partial charge in [0.15, 0.2) is 21.5 Å². The van der Waals surface area contributed by atoms with Gasteiger partial charge in [0.25, 0.3) is 0 Å². The number of sulfone groups is 1. The number of benzene rings is 2. The van der Waals surface area contributed by atoms with E-state index >= 15 is 0 Å². The molecule has 0 radical (unpaired) electrons. The molecule has 106 valence electrons. The fourth-order valence-electron chi connectivity index (χ4n) is 1.70. The number of hydrogen-bond acceptors (Lipinski definition) is 3. The van der Waals surface area contributed by atoms with Crippen LogP contribution in [0.15, 0.2) is 41.3 Å². The third-order valence-electron chi connectivity index (χ3n) is 2.67. The molecule has 20 heavy (non-hydrogen) atoms. The van der Waals surface area contributed by atoms with Gasteiger partial charge in [-0.25, -0.2) is 17.2 Å². The number of hydrogen-bond donors (Lipinski definition) is 1. The Morgan fingerprint density at radius 2 is 1.85 bits per heavy atom. The van der Waals surface area contributed by atoms with Crippen molar-refractivity contribution in [3.8, 4) is 0 Å². The normalized spacial score (nSPS) is 11.6. The second-order valence-corrected chi connectivity index (χ2v) is 6.53. The minimum Gasteiger partial charge on any atom is -0.399 e. The van der Waals surface area contributed by atoms with Crippen molar-refractivity contribution in [1.82, 2.24) is 0 Å². The molecule has 0 spiro atoms. The van der Waals surface area contributed by atoms with Gasteiger partial charge in [0, 0.05) is 11.3 Å². The minimum atomic E-state index is -3.92. The van der Waals surface area contributed by atoms with Gasteiger partial charge in [-0.05, 0) is 24.3 Å². The lowest BCUT2D eigenvalue weighted by Gasteiger charge is -2.08. The number of anilines is 1. The van der Waals surface area contributed by atoms with E-state index in [9.17, 15) is 17.2 Å². The highest BCUT2D eigenvalue weighted by molar-refractivity contribution is 7.90. The zero-order valence-electron chi connectivity index (χ0n) is 10.1. The summed E-state index contributed by atoms with van der Waals surface area (Å²) in [7, 11) is -3.92. The lowest BCUT2D eigenvalue weighted by molar-refractivity contribution is 0.501. The molecule has 0 unspecified atom stereocenters. The second-order valence-electron chi connectivity index (χ2n) is 4.16. The Kier molecular flexibility index (Phi) is 3.96. The molecule has 2 rings (SSSR count). The fraction of sp³-hybridized carbons (Fsp3) is 0.0769. The van der Waals surface area contributed by atoms with Crippen molar-refractivity contribution in [1.29, 1.82) is 0 Å². The Morgan fingerprint density at radius 1 is 1.15 bits per heavy atom. The summed E-state index contributed by atoms with van der Waals surface area (Å²) in [4.78, 5) is -0.206. The van der Waals surface area contributed by atoms with E-state index in [-0.39, 0.29) is 21.2 Å². The molecular formula is C13H10ClF2NO2S. The maximum absolute atomic E-state index is 13.5. The smallest absolute Gasteiger partial charge is 0.184 e. The first-order valence-corrected chi connectivity index (χ1v) is 7.55. The second kappa shape index (κ2) is 5.38. The third-order valence-corrected chi connectivity index (χ3v) is 4.81. The van der Waals surface area contributed by atoms with Crippen molar-refractivity contribution >= 4 is 27.1 Å². The van der Waals surface area contributed by atoms with Crippen LogP contribution in [0.2, 0.25) is 5.02 Å². The number of halogens is 3. The summed E-state index contributed by atoms with van der Waals surface area (Å²) in [6, 6.07) is 7.34. The summed E-state index contributed by atoms with van der Waals surface area (Å²) in [6.07, 6.45) is 0. The summed E-state index contributed by atoms with van der Waals surface area (Å²) in [5, 5.41) is -0.0176. The minimum absolute atomic E-state index is 0.0176. The number of rotatable bonds is 3. The van der Waals surface area contributed by atoms with Crippen LogP contribution in [-0.2, 0) is 15.6 Å². The molecule has 3 nitrogen and oxygen atoms in total. The van der Waals surface area contributed by atoms with Crippen molar-refractivity contribution in [2.75, 3.05) is 5.73 Å². The van der Waals surface area contributed by atoms with Crippen molar-refractivity contribution in [3.05, 3.63) is 58.6 Å². The molecule has 0 bridgehead atoms. The van der Waals surface area contributed by atoms with E-state index < -0.39 is 27.2 Å². The highest BCUT2D eigenvalue weighted by atomic mass is 35.5. The highest BCUT2D eigenvalue weighted by Crippen LogP contribution is 2.27.